The summed E-state index contributed by atoms with van der Waals surface area (Å²) in [5.74, 6) is -3.54. The van der Waals surface area contributed by atoms with E-state index in [4.69, 9.17) is 0 Å². The molecule has 9 heteroatoms. The van der Waals surface area contributed by atoms with Gasteiger partial charge in [-0.3, -0.25) is 9.59 Å². The molecule has 0 spiro atoms. The van der Waals surface area contributed by atoms with Crippen LogP contribution in [0.3, 0.4) is 0 Å². The fourth-order valence-corrected chi connectivity index (χ4v) is 3.03. The number of carboxylic acids is 1. The molecular formula is C18H16F3N3O3. The number of hydrogen-bond acceptors (Lipinski definition) is 3. The van der Waals surface area contributed by atoms with Crippen molar-refractivity contribution in [3.05, 3.63) is 54.4 Å². The molecule has 27 heavy (non-hydrogen) atoms. The first kappa shape index (κ1) is 18.7. The molecule has 0 unspecified atom stereocenters. The van der Waals surface area contributed by atoms with Gasteiger partial charge in [-0.05, 0) is 37.1 Å². The van der Waals surface area contributed by atoms with E-state index in [0.717, 1.165) is 12.1 Å². The van der Waals surface area contributed by atoms with E-state index in [0.29, 0.717) is 0 Å². The summed E-state index contributed by atoms with van der Waals surface area (Å²) in [5, 5.41) is 15.8. The van der Waals surface area contributed by atoms with Gasteiger partial charge in [-0.15, -0.1) is 0 Å². The number of nitrogens with zero attached hydrogens (tertiary/aromatic N) is 2. The Morgan fingerprint density at radius 3 is 2.48 bits per heavy atom. The molecule has 6 nitrogen and oxygen atoms in total. The van der Waals surface area contributed by atoms with Gasteiger partial charge in [0, 0.05) is 12.4 Å². The van der Waals surface area contributed by atoms with Crippen LogP contribution in [-0.2, 0) is 15.8 Å². The Morgan fingerprint density at radius 1 is 1.19 bits per heavy atom. The fraction of sp³-hybridized carbons (Fsp3) is 0.278. The van der Waals surface area contributed by atoms with Crippen molar-refractivity contribution in [3.63, 3.8) is 0 Å². The van der Waals surface area contributed by atoms with Crippen molar-refractivity contribution in [2.24, 2.45) is 11.8 Å². The number of hydrogen-bond donors (Lipinski definition) is 2. The summed E-state index contributed by atoms with van der Waals surface area (Å²) in [6.07, 6.45) is 2.18. The van der Waals surface area contributed by atoms with E-state index in [1.807, 2.05) is 0 Å². The molecule has 2 atom stereocenters. The Bertz CT molecular complexity index is 876. The predicted molar refractivity (Wildman–Crippen MR) is 90.2 cm³/mol. The Morgan fingerprint density at radius 2 is 1.89 bits per heavy atom. The van der Waals surface area contributed by atoms with Crippen LogP contribution in [0.2, 0.25) is 0 Å². The summed E-state index contributed by atoms with van der Waals surface area (Å²) in [4.78, 5) is 24.0. The van der Waals surface area contributed by atoms with E-state index in [1.54, 1.807) is 18.2 Å². The number of anilines is 1. The molecule has 3 rings (SSSR count). The summed E-state index contributed by atoms with van der Waals surface area (Å²) >= 11 is 0. The zero-order chi connectivity index (χ0) is 19.6. The normalized spacial score (nSPS) is 19.7. The molecule has 1 aliphatic carbocycles. The molecule has 0 radical (unpaired) electrons. The van der Waals surface area contributed by atoms with Gasteiger partial charge >= 0.3 is 12.1 Å². The standard InChI is InChI=1S/C18H16F3N3O3/c19-18(20,21)11-6-7-15(24-9-3-8-22-24)14(10-11)23-16(25)12-4-1-2-5-13(12)17(26)27/h1-3,6-10,12-13H,4-5H2,(H,23,25)(H,26,27)/t12-,13-/m1/s1. The van der Waals surface area contributed by atoms with Gasteiger partial charge in [-0.25, -0.2) is 4.68 Å². The Hall–Kier alpha value is -3.10. The van der Waals surface area contributed by atoms with Gasteiger partial charge in [0.2, 0.25) is 5.91 Å². The molecular weight excluding hydrogens is 363 g/mol. The number of aromatic nitrogens is 2. The molecule has 1 aromatic heterocycles. The monoisotopic (exact) mass is 379 g/mol. The number of nitrogens with one attached hydrogen (secondary N) is 1. The van der Waals surface area contributed by atoms with Gasteiger partial charge in [0.05, 0.1) is 28.8 Å². The Kier molecular flexibility index (Phi) is 5.02. The largest absolute Gasteiger partial charge is 0.481 e. The van der Waals surface area contributed by atoms with Crippen LogP contribution >= 0.6 is 0 Å². The zero-order valence-corrected chi connectivity index (χ0v) is 14.0. The summed E-state index contributed by atoms with van der Waals surface area (Å²) in [6.45, 7) is 0. The lowest BCUT2D eigenvalue weighted by Crippen LogP contribution is -2.35. The van der Waals surface area contributed by atoms with E-state index in [9.17, 15) is 27.9 Å². The summed E-state index contributed by atoms with van der Waals surface area (Å²) in [6, 6.07) is 4.52. The minimum atomic E-state index is -4.58. The van der Waals surface area contributed by atoms with Crippen LogP contribution in [0.1, 0.15) is 18.4 Å². The third-order valence-electron chi connectivity index (χ3n) is 4.42. The average molecular weight is 379 g/mol. The molecule has 0 saturated carbocycles. The van der Waals surface area contributed by atoms with E-state index in [-0.39, 0.29) is 24.2 Å². The SMILES string of the molecule is O=C(O)[C@@H]1CC=CC[C@H]1C(=O)Nc1cc(C(F)(F)F)ccc1-n1cccn1. The Labute approximate surface area is 152 Å². The van der Waals surface area contributed by atoms with Crippen LogP contribution in [0.4, 0.5) is 18.9 Å². The van der Waals surface area contributed by atoms with Gasteiger partial charge in [-0.2, -0.15) is 18.3 Å². The van der Waals surface area contributed by atoms with Crippen molar-refractivity contribution in [1.82, 2.24) is 9.78 Å². The molecule has 0 fully saturated rings. The van der Waals surface area contributed by atoms with E-state index < -0.39 is 35.5 Å². The first-order valence-electron chi connectivity index (χ1n) is 8.17. The number of halogens is 3. The van der Waals surface area contributed by atoms with Gasteiger partial charge in [0.15, 0.2) is 0 Å². The molecule has 0 aliphatic heterocycles. The molecule has 142 valence electrons. The number of aliphatic carboxylic acids is 1. The highest BCUT2D eigenvalue weighted by Crippen LogP contribution is 2.34. The van der Waals surface area contributed by atoms with Crippen molar-refractivity contribution < 1.29 is 27.9 Å². The summed E-state index contributed by atoms with van der Waals surface area (Å²) in [5.41, 5.74) is -0.760. The highest BCUT2D eigenvalue weighted by atomic mass is 19.4. The highest BCUT2D eigenvalue weighted by molar-refractivity contribution is 5.97. The minimum absolute atomic E-state index is 0.0859. The van der Waals surface area contributed by atoms with Crippen molar-refractivity contribution in [2.45, 2.75) is 19.0 Å². The first-order valence-corrected chi connectivity index (χ1v) is 8.17. The molecule has 2 N–H and O–H groups in total. The third kappa shape index (κ3) is 4.02. The molecule has 1 aliphatic rings. The van der Waals surface area contributed by atoms with E-state index in [1.165, 1.54) is 23.1 Å². The van der Waals surface area contributed by atoms with Gasteiger partial charge in [0.1, 0.15) is 0 Å². The topological polar surface area (TPSA) is 84.2 Å². The second kappa shape index (κ2) is 7.26. The van der Waals surface area contributed by atoms with Crippen LogP contribution in [0.25, 0.3) is 5.69 Å². The number of benzene rings is 1. The first-order chi connectivity index (χ1) is 12.8. The lowest BCUT2D eigenvalue weighted by molar-refractivity contribution is -0.146. The van der Waals surface area contributed by atoms with Crippen molar-refractivity contribution in [2.75, 3.05) is 5.32 Å². The summed E-state index contributed by atoms with van der Waals surface area (Å²) in [7, 11) is 0. The maximum atomic E-state index is 13.1. The van der Waals surface area contributed by atoms with Crippen LogP contribution in [0, 0.1) is 11.8 Å². The third-order valence-corrected chi connectivity index (χ3v) is 4.42. The number of amides is 1. The van der Waals surface area contributed by atoms with Gasteiger partial charge < -0.3 is 10.4 Å². The Balaban J connectivity index is 1.95. The zero-order valence-electron chi connectivity index (χ0n) is 14.0. The lowest BCUT2D eigenvalue weighted by Gasteiger charge is -2.25. The smallest absolute Gasteiger partial charge is 0.416 e. The van der Waals surface area contributed by atoms with Crippen LogP contribution in [0.5, 0.6) is 0 Å². The van der Waals surface area contributed by atoms with Crippen LogP contribution < -0.4 is 5.32 Å². The van der Waals surface area contributed by atoms with Gasteiger partial charge in [-0.1, -0.05) is 12.2 Å². The van der Waals surface area contributed by atoms with Crippen LogP contribution in [0.15, 0.2) is 48.8 Å². The van der Waals surface area contributed by atoms with Crippen molar-refractivity contribution >= 4 is 17.6 Å². The number of alkyl halides is 3. The van der Waals surface area contributed by atoms with Crippen LogP contribution in [-0.4, -0.2) is 26.8 Å². The summed E-state index contributed by atoms with van der Waals surface area (Å²) < 4.78 is 40.6. The number of allylic oxidation sites excluding steroid dienone is 2. The molecule has 2 aromatic rings. The second-order valence-corrected chi connectivity index (χ2v) is 6.16. The quantitative estimate of drug-likeness (QED) is 0.797. The highest BCUT2D eigenvalue weighted by Gasteiger charge is 2.35. The number of rotatable bonds is 4. The molecule has 1 aromatic carbocycles. The number of carbonyl (C=O) groups excluding carboxylic acids is 1. The predicted octanol–water partition coefficient (Wildman–Crippen LogP) is 3.50. The van der Waals surface area contributed by atoms with Crippen molar-refractivity contribution in [1.29, 1.82) is 0 Å². The average Bonchev–Trinajstić information content (AvgIpc) is 3.15. The maximum absolute atomic E-state index is 13.1. The van der Waals surface area contributed by atoms with E-state index in [2.05, 4.69) is 10.4 Å². The lowest BCUT2D eigenvalue weighted by atomic mass is 9.82. The van der Waals surface area contributed by atoms with Gasteiger partial charge in [0.25, 0.3) is 0 Å². The molecule has 0 bridgehead atoms. The second-order valence-electron chi connectivity index (χ2n) is 6.16. The minimum Gasteiger partial charge on any atom is -0.481 e. The maximum Gasteiger partial charge on any atom is 0.416 e. The molecule has 1 heterocycles. The molecule has 1 amide bonds. The molecule has 0 saturated heterocycles. The van der Waals surface area contributed by atoms with Crippen molar-refractivity contribution in [3.8, 4) is 5.69 Å². The fourth-order valence-electron chi connectivity index (χ4n) is 3.03. The van der Waals surface area contributed by atoms with E-state index >= 15 is 0 Å². The number of carboxylic acid groups (broad SMARTS) is 1. The number of carbonyl (C=O) groups is 2.